The zero-order chi connectivity index (χ0) is 26.4. The van der Waals surface area contributed by atoms with Crippen molar-refractivity contribution >= 4 is 28.5 Å². The predicted octanol–water partition coefficient (Wildman–Crippen LogP) is 1.01. The lowest BCUT2D eigenvalue weighted by molar-refractivity contribution is -0.137. The van der Waals surface area contributed by atoms with E-state index in [1.54, 1.807) is 11.6 Å². The second kappa shape index (κ2) is 9.54. The summed E-state index contributed by atoms with van der Waals surface area (Å²) in [7, 11) is 0. The number of piperazine rings is 1. The lowest BCUT2D eigenvalue weighted by atomic mass is 9.91. The molecule has 3 fully saturated rings. The second-order valence-corrected chi connectivity index (χ2v) is 10.8. The molecule has 3 aliphatic rings. The van der Waals surface area contributed by atoms with Gasteiger partial charge in [-0.1, -0.05) is 6.07 Å². The first-order valence-corrected chi connectivity index (χ1v) is 13.4. The summed E-state index contributed by atoms with van der Waals surface area (Å²) in [6.45, 7) is 5.62. The van der Waals surface area contributed by atoms with Gasteiger partial charge in [0.2, 0.25) is 11.8 Å². The van der Waals surface area contributed by atoms with Crippen LogP contribution in [0.5, 0.6) is 0 Å². The van der Waals surface area contributed by atoms with Gasteiger partial charge in [-0.15, -0.1) is 0 Å². The summed E-state index contributed by atoms with van der Waals surface area (Å²) in [5.74, 6) is 0.464. The van der Waals surface area contributed by atoms with Crippen LogP contribution in [0, 0.1) is 5.92 Å². The number of piperidine rings is 1. The average molecular weight is 520 g/mol. The number of rotatable bonds is 5. The van der Waals surface area contributed by atoms with Crippen LogP contribution in [0.1, 0.15) is 32.6 Å². The maximum Gasteiger partial charge on any atom is 0.264 e. The lowest BCUT2D eigenvalue weighted by Crippen LogP contribution is -2.50. The van der Waals surface area contributed by atoms with E-state index in [-0.39, 0.29) is 29.8 Å². The van der Waals surface area contributed by atoms with Crippen molar-refractivity contribution in [2.24, 2.45) is 5.92 Å². The molecule has 0 bridgehead atoms. The molecule has 0 radical (unpaired) electrons. The lowest BCUT2D eigenvalue weighted by Gasteiger charge is -2.38. The Balaban J connectivity index is 1.19. The third-order valence-corrected chi connectivity index (χ3v) is 8.12. The fourth-order valence-corrected chi connectivity index (χ4v) is 5.56. The molecule has 1 saturated carbocycles. The molecule has 1 aromatic carbocycles. The van der Waals surface area contributed by atoms with Gasteiger partial charge in [-0.05, 0) is 43.9 Å². The maximum absolute atomic E-state index is 13.3. The number of benzene rings is 1. The van der Waals surface area contributed by atoms with E-state index in [1.165, 1.54) is 17.1 Å². The van der Waals surface area contributed by atoms with E-state index < -0.39 is 5.60 Å². The van der Waals surface area contributed by atoms with E-state index >= 15 is 0 Å². The van der Waals surface area contributed by atoms with Crippen LogP contribution >= 0.6 is 0 Å². The van der Waals surface area contributed by atoms with Crippen LogP contribution < -0.4 is 10.5 Å². The molecule has 38 heavy (non-hydrogen) atoms. The maximum atomic E-state index is 13.3. The molecule has 2 amide bonds. The highest BCUT2D eigenvalue weighted by molar-refractivity contribution is 5.81. The molecule has 200 valence electrons. The van der Waals surface area contributed by atoms with Crippen molar-refractivity contribution in [2.45, 2.75) is 44.8 Å². The van der Waals surface area contributed by atoms with E-state index in [0.717, 1.165) is 37.3 Å². The molecule has 0 spiro atoms. The fourth-order valence-electron chi connectivity index (χ4n) is 5.56. The fraction of sp³-hybridized carbons (Fsp3) is 0.519. The number of amides is 2. The van der Waals surface area contributed by atoms with Gasteiger partial charge >= 0.3 is 0 Å². The largest absolute Gasteiger partial charge is 0.388 e. The van der Waals surface area contributed by atoms with E-state index in [0.29, 0.717) is 50.1 Å². The van der Waals surface area contributed by atoms with Crippen LogP contribution in [0.4, 0.5) is 5.69 Å². The molecule has 11 nitrogen and oxygen atoms in total. The number of carbonyl (C=O) groups excluding carboxylic acids is 2. The van der Waals surface area contributed by atoms with E-state index in [1.807, 2.05) is 34.1 Å². The zero-order valence-corrected chi connectivity index (χ0v) is 21.6. The number of nitrogens with zero attached hydrogens (tertiary/aromatic N) is 7. The molecular formula is C27H33N7O4. The summed E-state index contributed by atoms with van der Waals surface area (Å²) in [5, 5.41) is 16.0. The van der Waals surface area contributed by atoms with E-state index in [2.05, 4.69) is 15.0 Å². The standard InChI is InChI=1S/C27H33N7O4/c1-19(35)30-11-13-31(14-12-30)21-3-2-4-22(15-21)34-24-23(16-29-34)26(37)33(18-28-24)17-27(38)7-9-32(10-8-27)25(36)20-5-6-20/h2-4,15-16,18,20,38H,5-14,17H2,1H3. The number of hydrogen-bond donors (Lipinski definition) is 1. The molecule has 3 aromatic rings. The number of hydrogen-bond acceptors (Lipinski definition) is 7. The Hall–Kier alpha value is -3.73. The van der Waals surface area contributed by atoms with Gasteiger partial charge < -0.3 is 19.8 Å². The van der Waals surface area contributed by atoms with E-state index in [4.69, 9.17) is 0 Å². The highest BCUT2D eigenvalue weighted by Crippen LogP contribution is 2.33. The first-order chi connectivity index (χ1) is 18.3. The summed E-state index contributed by atoms with van der Waals surface area (Å²) < 4.78 is 3.12. The molecular weight excluding hydrogens is 486 g/mol. The third kappa shape index (κ3) is 4.66. The molecule has 4 heterocycles. The van der Waals surface area contributed by atoms with Gasteiger partial charge in [-0.2, -0.15) is 5.10 Å². The monoisotopic (exact) mass is 519 g/mol. The second-order valence-electron chi connectivity index (χ2n) is 10.8. The number of aliphatic hydroxyl groups is 1. The van der Waals surface area contributed by atoms with Crippen molar-refractivity contribution in [1.82, 2.24) is 29.1 Å². The number of anilines is 1. The van der Waals surface area contributed by atoms with Crippen molar-refractivity contribution in [3.8, 4) is 5.69 Å². The Labute approximate surface area is 220 Å². The van der Waals surface area contributed by atoms with E-state index in [9.17, 15) is 19.5 Å². The molecule has 1 N–H and O–H groups in total. The van der Waals surface area contributed by atoms with Crippen LogP contribution in [0.3, 0.4) is 0 Å². The minimum absolute atomic E-state index is 0.0967. The number of aromatic nitrogens is 4. The third-order valence-electron chi connectivity index (χ3n) is 8.12. The van der Waals surface area contributed by atoms with Gasteiger partial charge in [0.25, 0.3) is 5.56 Å². The van der Waals surface area contributed by atoms with Crippen molar-refractivity contribution < 1.29 is 14.7 Å². The van der Waals surface area contributed by atoms with Crippen molar-refractivity contribution in [2.75, 3.05) is 44.2 Å². The molecule has 2 aliphatic heterocycles. The molecule has 0 atom stereocenters. The summed E-state index contributed by atoms with van der Waals surface area (Å²) in [5.41, 5.74) is 0.971. The smallest absolute Gasteiger partial charge is 0.264 e. The molecule has 1 aliphatic carbocycles. The predicted molar refractivity (Wildman–Crippen MR) is 141 cm³/mol. The van der Waals surface area contributed by atoms with Gasteiger partial charge in [-0.3, -0.25) is 19.0 Å². The van der Waals surface area contributed by atoms with Crippen molar-refractivity contribution in [1.29, 1.82) is 0 Å². The van der Waals surface area contributed by atoms with Gasteiger partial charge in [-0.25, -0.2) is 9.67 Å². The quantitative estimate of drug-likeness (QED) is 0.535. The highest BCUT2D eigenvalue weighted by atomic mass is 16.3. The summed E-state index contributed by atoms with van der Waals surface area (Å²) in [6, 6.07) is 7.92. The van der Waals surface area contributed by atoms with Gasteiger partial charge in [0.05, 0.1) is 24.0 Å². The Kier molecular flexibility index (Phi) is 6.17. The first-order valence-electron chi connectivity index (χ1n) is 13.4. The van der Waals surface area contributed by atoms with Crippen LogP contribution in [0.25, 0.3) is 16.7 Å². The highest BCUT2D eigenvalue weighted by Gasteiger charge is 2.39. The van der Waals surface area contributed by atoms with Gasteiger partial charge in [0.1, 0.15) is 11.7 Å². The summed E-state index contributed by atoms with van der Waals surface area (Å²) in [4.78, 5) is 47.8. The normalized spacial score (nSPS) is 19.7. The molecule has 2 aromatic heterocycles. The summed E-state index contributed by atoms with van der Waals surface area (Å²) in [6.07, 6.45) is 5.81. The minimum atomic E-state index is -1.06. The molecule has 6 rings (SSSR count). The van der Waals surface area contributed by atoms with Crippen LogP contribution in [0.2, 0.25) is 0 Å². The van der Waals surface area contributed by atoms with Gasteiger partial charge in [0.15, 0.2) is 5.65 Å². The Morgan fingerprint density at radius 1 is 1.03 bits per heavy atom. The Bertz CT molecular complexity index is 1430. The number of carbonyl (C=O) groups is 2. The van der Waals surface area contributed by atoms with Gasteiger partial charge in [0, 0.05) is 57.8 Å². The molecule has 11 heteroatoms. The van der Waals surface area contributed by atoms with Crippen LogP contribution in [0.15, 0.2) is 41.6 Å². The van der Waals surface area contributed by atoms with Crippen LogP contribution in [-0.2, 0) is 16.1 Å². The molecule has 0 unspecified atom stereocenters. The SMILES string of the molecule is CC(=O)N1CCN(c2cccc(-n3ncc4c(=O)n(CC5(O)CCN(C(=O)C6CC6)CC5)cnc43)c2)CC1. The first kappa shape index (κ1) is 24.6. The number of fused-ring (bicyclic) bond motifs is 1. The summed E-state index contributed by atoms with van der Waals surface area (Å²) >= 11 is 0. The van der Waals surface area contributed by atoms with Crippen molar-refractivity contribution in [3.63, 3.8) is 0 Å². The minimum Gasteiger partial charge on any atom is -0.388 e. The molecule has 2 saturated heterocycles. The van der Waals surface area contributed by atoms with Crippen molar-refractivity contribution in [3.05, 3.63) is 47.1 Å². The zero-order valence-electron chi connectivity index (χ0n) is 21.6. The Morgan fingerprint density at radius 2 is 1.74 bits per heavy atom. The van der Waals surface area contributed by atoms with Crippen LogP contribution in [-0.4, -0.2) is 90.9 Å². The topological polar surface area (TPSA) is 117 Å². The Morgan fingerprint density at radius 3 is 2.42 bits per heavy atom. The number of likely N-dealkylation sites (tertiary alicyclic amines) is 1. The average Bonchev–Trinajstić information content (AvgIpc) is 3.69.